The van der Waals surface area contributed by atoms with Gasteiger partial charge in [0.15, 0.2) is 5.82 Å². The van der Waals surface area contributed by atoms with Crippen molar-refractivity contribution in [2.75, 3.05) is 19.6 Å². The number of ether oxygens (including phenoxy) is 2. The molecule has 2 aliphatic rings. The van der Waals surface area contributed by atoms with Gasteiger partial charge in [0.1, 0.15) is 11.9 Å². The Labute approximate surface area is 224 Å². The molecule has 4 unspecified atom stereocenters. The van der Waals surface area contributed by atoms with Crippen molar-refractivity contribution in [1.82, 2.24) is 19.9 Å². The molecule has 0 bridgehead atoms. The van der Waals surface area contributed by atoms with Gasteiger partial charge in [0.05, 0.1) is 5.92 Å². The number of carbonyl (C=O) groups excluding carboxylic acids is 2. The van der Waals surface area contributed by atoms with E-state index in [9.17, 15) is 22.8 Å². The highest BCUT2D eigenvalue weighted by atomic mass is 19.4. The molecule has 1 aromatic carbocycles. The third-order valence-electron chi connectivity index (χ3n) is 7.28. The van der Waals surface area contributed by atoms with Crippen molar-refractivity contribution in [2.24, 2.45) is 11.1 Å². The van der Waals surface area contributed by atoms with Gasteiger partial charge in [0.25, 0.3) is 0 Å². The Hall–Kier alpha value is -3.51. The second kappa shape index (κ2) is 10.9. The predicted octanol–water partition coefficient (Wildman–Crippen LogP) is 4.94. The van der Waals surface area contributed by atoms with Crippen LogP contribution in [0.1, 0.15) is 69.1 Å². The summed E-state index contributed by atoms with van der Waals surface area (Å²) in [5.74, 6) is 0.122. The van der Waals surface area contributed by atoms with E-state index in [0.29, 0.717) is 50.6 Å². The Morgan fingerprint density at radius 2 is 1.74 bits per heavy atom. The van der Waals surface area contributed by atoms with Gasteiger partial charge in [-0.3, -0.25) is 0 Å². The van der Waals surface area contributed by atoms with Gasteiger partial charge in [-0.1, -0.05) is 38.1 Å². The number of piperidine rings is 2. The first-order chi connectivity index (χ1) is 18.2. The fourth-order valence-electron chi connectivity index (χ4n) is 5.53. The number of rotatable bonds is 4. The minimum atomic E-state index is -4.78. The lowest BCUT2D eigenvalue weighted by Crippen LogP contribution is -2.58. The normalized spacial score (nSPS) is 24.4. The summed E-state index contributed by atoms with van der Waals surface area (Å²) in [5, 5.41) is 3.90. The van der Waals surface area contributed by atoms with Gasteiger partial charge in [0, 0.05) is 44.4 Å². The molecule has 0 radical (unpaired) electrons. The van der Waals surface area contributed by atoms with Gasteiger partial charge in [-0.05, 0) is 36.5 Å². The third-order valence-corrected chi connectivity index (χ3v) is 7.28. The van der Waals surface area contributed by atoms with E-state index in [1.54, 1.807) is 24.0 Å². The molecule has 4 atom stereocenters. The number of urea groups is 1. The van der Waals surface area contributed by atoms with Crippen LogP contribution in [0.3, 0.4) is 0 Å². The average molecular weight is 554 g/mol. The molecule has 2 fully saturated rings. The lowest BCUT2D eigenvalue weighted by Gasteiger charge is -2.48. The molecule has 3 heterocycles. The molecule has 13 heteroatoms. The van der Waals surface area contributed by atoms with Gasteiger partial charge < -0.3 is 29.5 Å². The number of halogens is 3. The van der Waals surface area contributed by atoms with E-state index >= 15 is 0 Å². The molecule has 3 amide bonds. The zero-order valence-electron chi connectivity index (χ0n) is 22.4. The number of carbonyl (C=O) groups is 2. The summed E-state index contributed by atoms with van der Waals surface area (Å²) in [6, 6.07) is 5.33. The van der Waals surface area contributed by atoms with Crippen molar-refractivity contribution in [3.05, 3.63) is 41.5 Å². The third kappa shape index (κ3) is 7.12. The van der Waals surface area contributed by atoms with Crippen molar-refractivity contribution >= 4 is 12.1 Å². The first-order valence-corrected chi connectivity index (χ1v) is 12.9. The molecule has 0 spiro atoms. The quantitative estimate of drug-likeness (QED) is 0.569. The van der Waals surface area contributed by atoms with Gasteiger partial charge in [0.2, 0.25) is 5.89 Å². The first kappa shape index (κ1) is 28.5. The number of amides is 3. The summed E-state index contributed by atoms with van der Waals surface area (Å²) in [6.45, 7) is 8.88. The number of hydrogen-bond donors (Lipinski definition) is 1. The molecule has 214 valence electrons. The molecule has 1 aromatic heterocycles. The van der Waals surface area contributed by atoms with Gasteiger partial charge in [-0.2, -0.15) is 4.98 Å². The molecular weight excluding hydrogens is 519 g/mol. The van der Waals surface area contributed by atoms with Crippen LogP contribution in [0.25, 0.3) is 0 Å². The number of nitrogens with zero attached hydrogens (tertiary/aromatic N) is 4. The summed E-state index contributed by atoms with van der Waals surface area (Å²) < 4.78 is 52.6. The molecule has 10 nitrogen and oxygen atoms in total. The molecule has 0 aliphatic carbocycles. The van der Waals surface area contributed by atoms with E-state index in [1.807, 2.05) is 25.7 Å². The average Bonchev–Trinajstić information content (AvgIpc) is 3.28. The highest BCUT2D eigenvalue weighted by Gasteiger charge is 2.43. The highest BCUT2D eigenvalue weighted by molar-refractivity contribution is 5.75. The summed E-state index contributed by atoms with van der Waals surface area (Å²) in [6.07, 6.45) is -4.50. The minimum absolute atomic E-state index is 0.171. The Kier molecular flexibility index (Phi) is 7.99. The van der Waals surface area contributed by atoms with Crippen LogP contribution in [-0.4, -0.2) is 70.2 Å². The minimum Gasteiger partial charge on any atom is -0.446 e. The standard InChI is InChI=1S/C26H34F3N5O5/c1-15-31-22(39-32-15)18-11-17(16-5-7-19(8-6-16)38-26(27,28)29)13-33(14-18)24(36)34-10-9-20(37-23(30)35)12-21(34)25(2,3)4/h5-8,17-18,20-21H,9-14H2,1-4H3,(H2,30,35). The number of aromatic nitrogens is 2. The first-order valence-electron chi connectivity index (χ1n) is 12.9. The number of likely N-dealkylation sites (tertiary alicyclic amines) is 2. The molecule has 39 heavy (non-hydrogen) atoms. The second-order valence-corrected chi connectivity index (χ2v) is 11.3. The summed E-state index contributed by atoms with van der Waals surface area (Å²) in [4.78, 5) is 33.3. The van der Waals surface area contributed by atoms with Crippen LogP contribution in [0.5, 0.6) is 5.75 Å². The highest BCUT2D eigenvalue weighted by Crippen LogP contribution is 2.39. The topological polar surface area (TPSA) is 124 Å². The summed E-state index contributed by atoms with van der Waals surface area (Å²) >= 11 is 0. The van der Waals surface area contributed by atoms with Crippen LogP contribution in [0.4, 0.5) is 22.8 Å². The van der Waals surface area contributed by atoms with Gasteiger partial charge in [-0.25, -0.2) is 9.59 Å². The molecule has 2 aliphatic heterocycles. The lowest BCUT2D eigenvalue weighted by molar-refractivity contribution is -0.274. The molecule has 4 rings (SSSR count). The van der Waals surface area contributed by atoms with Crippen molar-refractivity contribution in [1.29, 1.82) is 0 Å². The zero-order valence-corrected chi connectivity index (χ0v) is 22.4. The monoisotopic (exact) mass is 553 g/mol. The largest absolute Gasteiger partial charge is 0.573 e. The van der Waals surface area contributed by atoms with E-state index in [1.165, 1.54) is 12.1 Å². The van der Waals surface area contributed by atoms with Crippen molar-refractivity contribution < 1.29 is 36.8 Å². The van der Waals surface area contributed by atoms with E-state index in [0.717, 1.165) is 5.56 Å². The van der Waals surface area contributed by atoms with Crippen molar-refractivity contribution in [3.63, 3.8) is 0 Å². The molecule has 2 N–H and O–H groups in total. The van der Waals surface area contributed by atoms with Crippen molar-refractivity contribution in [3.8, 4) is 5.75 Å². The lowest BCUT2D eigenvalue weighted by atomic mass is 9.79. The van der Waals surface area contributed by atoms with E-state index < -0.39 is 12.5 Å². The fourth-order valence-corrected chi connectivity index (χ4v) is 5.53. The van der Waals surface area contributed by atoms with Gasteiger partial charge >= 0.3 is 18.5 Å². The van der Waals surface area contributed by atoms with E-state index in [2.05, 4.69) is 14.9 Å². The number of alkyl halides is 3. The summed E-state index contributed by atoms with van der Waals surface area (Å²) in [5.41, 5.74) is 5.70. The Morgan fingerprint density at radius 3 is 2.31 bits per heavy atom. The van der Waals surface area contributed by atoms with Crippen LogP contribution in [0.15, 0.2) is 28.8 Å². The van der Waals surface area contributed by atoms with Gasteiger partial charge in [-0.15, -0.1) is 13.2 Å². The Morgan fingerprint density at radius 1 is 1.08 bits per heavy atom. The maximum absolute atomic E-state index is 14.0. The Balaban J connectivity index is 1.58. The van der Waals surface area contributed by atoms with Crippen LogP contribution in [0.2, 0.25) is 0 Å². The maximum Gasteiger partial charge on any atom is 0.573 e. The van der Waals surface area contributed by atoms with Crippen LogP contribution in [-0.2, 0) is 4.74 Å². The molecular formula is C26H34F3N5O5. The summed E-state index contributed by atoms with van der Waals surface area (Å²) in [7, 11) is 0. The molecule has 0 saturated carbocycles. The van der Waals surface area contributed by atoms with Crippen LogP contribution < -0.4 is 10.5 Å². The number of primary amides is 1. The fraction of sp³-hybridized carbons (Fsp3) is 0.615. The number of hydrogen-bond acceptors (Lipinski definition) is 7. The van der Waals surface area contributed by atoms with E-state index in [4.69, 9.17) is 15.0 Å². The van der Waals surface area contributed by atoms with Crippen LogP contribution in [0, 0.1) is 12.3 Å². The van der Waals surface area contributed by atoms with Crippen molar-refractivity contribution in [2.45, 2.75) is 77.3 Å². The predicted molar refractivity (Wildman–Crippen MR) is 133 cm³/mol. The maximum atomic E-state index is 14.0. The molecule has 2 saturated heterocycles. The smallest absolute Gasteiger partial charge is 0.446 e. The number of benzene rings is 1. The zero-order chi connectivity index (χ0) is 28.5. The molecule has 2 aromatic rings. The Bertz CT molecular complexity index is 1160. The second-order valence-electron chi connectivity index (χ2n) is 11.3. The SMILES string of the molecule is Cc1noc(C2CC(c3ccc(OC(F)(F)F)cc3)CN(C(=O)N3CCC(OC(N)=O)CC3C(C)(C)C)C2)n1. The number of nitrogens with two attached hydrogens (primary N) is 1. The number of aryl methyl sites for hydroxylation is 1. The van der Waals surface area contributed by atoms with Crippen LogP contribution >= 0.6 is 0 Å². The van der Waals surface area contributed by atoms with E-state index in [-0.39, 0.29) is 41.2 Å².